The van der Waals surface area contributed by atoms with Crippen molar-refractivity contribution in [2.45, 2.75) is 25.3 Å². The Kier molecular flexibility index (Phi) is 6.37. The van der Waals surface area contributed by atoms with E-state index < -0.39 is 0 Å². The molecule has 2 heterocycles. The Balaban J connectivity index is 1.09. The molecule has 168 valence electrons. The molecule has 1 fully saturated rings. The van der Waals surface area contributed by atoms with Crippen LogP contribution in [0.4, 0.5) is 0 Å². The zero-order valence-electron chi connectivity index (χ0n) is 17.9. The molecule has 0 aliphatic heterocycles. The van der Waals surface area contributed by atoms with Gasteiger partial charge >= 0.3 is 0 Å². The van der Waals surface area contributed by atoms with Crippen molar-refractivity contribution in [1.29, 1.82) is 0 Å². The number of thiophene rings is 1. The van der Waals surface area contributed by atoms with E-state index in [-0.39, 0.29) is 18.4 Å². The summed E-state index contributed by atoms with van der Waals surface area (Å²) in [5, 5.41) is 6.82. The average molecular weight is 478 g/mol. The number of amides is 2. The summed E-state index contributed by atoms with van der Waals surface area (Å²) in [6.45, 7) is 0.572. The highest BCUT2D eigenvalue weighted by molar-refractivity contribution is 7.26. The average Bonchev–Trinajstić information content (AvgIpc) is 3.33. The number of rotatable bonds is 9. The number of nitrogens with zero attached hydrogens (tertiary/aromatic N) is 1. The van der Waals surface area contributed by atoms with Crippen molar-refractivity contribution in [3.63, 3.8) is 0 Å². The fourth-order valence-corrected chi connectivity index (χ4v) is 5.30. The molecule has 4 aromatic rings. The SMILES string of the molecule is O=C(COc1ccc(CCNC(=O)c2ccc(-c3nc4ccccc4s3)s2)cc1)NC1CC1. The van der Waals surface area contributed by atoms with Gasteiger partial charge in [-0.3, -0.25) is 9.59 Å². The monoisotopic (exact) mass is 477 g/mol. The van der Waals surface area contributed by atoms with Gasteiger partial charge in [0.2, 0.25) is 0 Å². The maximum absolute atomic E-state index is 12.6. The third kappa shape index (κ3) is 5.58. The van der Waals surface area contributed by atoms with Gasteiger partial charge in [-0.05, 0) is 61.2 Å². The van der Waals surface area contributed by atoms with Crippen molar-refractivity contribution in [3.05, 3.63) is 71.1 Å². The van der Waals surface area contributed by atoms with Gasteiger partial charge < -0.3 is 15.4 Å². The quantitative estimate of drug-likeness (QED) is 0.368. The van der Waals surface area contributed by atoms with Crippen molar-refractivity contribution in [3.8, 4) is 15.6 Å². The fraction of sp³-hybridized carbons (Fsp3) is 0.240. The van der Waals surface area contributed by atoms with Crippen LogP contribution in [0.15, 0.2) is 60.7 Å². The predicted molar refractivity (Wildman–Crippen MR) is 132 cm³/mol. The molecule has 5 rings (SSSR count). The maximum Gasteiger partial charge on any atom is 0.261 e. The van der Waals surface area contributed by atoms with Crippen LogP contribution in [0.3, 0.4) is 0 Å². The lowest BCUT2D eigenvalue weighted by Crippen LogP contribution is -2.30. The van der Waals surface area contributed by atoms with Crippen molar-refractivity contribution in [2.24, 2.45) is 0 Å². The molecule has 0 spiro atoms. The summed E-state index contributed by atoms with van der Waals surface area (Å²) in [5.41, 5.74) is 2.07. The molecule has 2 aromatic carbocycles. The molecule has 1 aliphatic carbocycles. The first-order valence-corrected chi connectivity index (χ1v) is 12.5. The summed E-state index contributed by atoms with van der Waals surface area (Å²) in [6, 6.07) is 19.8. The lowest BCUT2D eigenvalue weighted by molar-refractivity contribution is -0.123. The van der Waals surface area contributed by atoms with Gasteiger partial charge in [0.05, 0.1) is 20.0 Å². The number of ether oxygens (including phenoxy) is 1. The first kappa shape index (κ1) is 21.6. The van der Waals surface area contributed by atoms with E-state index in [1.165, 1.54) is 11.3 Å². The topological polar surface area (TPSA) is 80.3 Å². The zero-order chi connectivity index (χ0) is 22.6. The fourth-order valence-electron chi connectivity index (χ4n) is 3.36. The summed E-state index contributed by atoms with van der Waals surface area (Å²) in [7, 11) is 0. The summed E-state index contributed by atoms with van der Waals surface area (Å²) in [6.07, 6.45) is 2.84. The largest absolute Gasteiger partial charge is 0.484 e. The molecule has 2 N–H and O–H groups in total. The molecule has 0 saturated heterocycles. The van der Waals surface area contributed by atoms with Gasteiger partial charge in [0.15, 0.2) is 6.61 Å². The molecule has 2 amide bonds. The minimum Gasteiger partial charge on any atom is -0.484 e. The van der Waals surface area contributed by atoms with Crippen molar-refractivity contribution >= 4 is 44.7 Å². The smallest absolute Gasteiger partial charge is 0.261 e. The molecule has 1 aliphatic rings. The number of carbonyl (C=O) groups is 2. The minimum atomic E-state index is -0.0795. The first-order chi connectivity index (χ1) is 16.1. The van der Waals surface area contributed by atoms with Crippen LogP contribution < -0.4 is 15.4 Å². The number of aromatic nitrogens is 1. The maximum atomic E-state index is 12.6. The first-order valence-electron chi connectivity index (χ1n) is 10.9. The van der Waals surface area contributed by atoms with E-state index in [1.54, 1.807) is 11.3 Å². The van der Waals surface area contributed by atoms with Gasteiger partial charge in [-0.15, -0.1) is 22.7 Å². The molecule has 2 aromatic heterocycles. The summed E-state index contributed by atoms with van der Waals surface area (Å²) < 4.78 is 6.67. The van der Waals surface area contributed by atoms with Gasteiger partial charge in [-0.2, -0.15) is 0 Å². The normalized spacial score (nSPS) is 13.1. The van der Waals surface area contributed by atoms with Crippen LogP contribution in [0.25, 0.3) is 20.1 Å². The number of hydrogen-bond donors (Lipinski definition) is 2. The Morgan fingerprint density at radius 2 is 1.82 bits per heavy atom. The molecule has 1 saturated carbocycles. The highest BCUT2D eigenvalue weighted by Gasteiger charge is 2.23. The number of para-hydroxylation sites is 1. The Hall–Kier alpha value is -3.23. The second kappa shape index (κ2) is 9.72. The van der Waals surface area contributed by atoms with Gasteiger partial charge in [-0.1, -0.05) is 24.3 Å². The Morgan fingerprint density at radius 3 is 2.61 bits per heavy atom. The molecule has 8 heteroatoms. The number of thiazole rings is 1. The molecular weight excluding hydrogens is 454 g/mol. The number of benzene rings is 2. The molecular formula is C25H23N3O3S2. The lowest BCUT2D eigenvalue weighted by Gasteiger charge is -2.08. The zero-order valence-corrected chi connectivity index (χ0v) is 19.5. The van der Waals surface area contributed by atoms with E-state index in [2.05, 4.69) is 21.7 Å². The van der Waals surface area contributed by atoms with Crippen LogP contribution >= 0.6 is 22.7 Å². The van der Waals surface area contributed by atoms with Crippen molar-refractivity contribution < 1.29 is 14.3 Å². The highest BCUT2D eigenvalue weighted by Crippen LogP contribution is 2.34. The Bertz CT molecular complexity index is 1240. The third-order valence-electron chi connectivity index (χ3n) is 5.27. The summed E-state index contributed by atoms with van der Waals surface area (Å²) in [4.78, 5) is 30.6. The second-order valence-electron chi connectivity index (χ2n) is 7.93. The van der Waals surface area contributed by atoms with Gasteiger partial charge in [0.25, 0.3) is 11.8 Å². The van der Waals surface area contributed by atoms with Crippen LogP contribution in [0, 0.1) is 0 Å². The van der Waals surface area contributed by atoms with Gasteiger partial charge in [0.1, 0.15) is 10.8 Å². The van der Waals surface area contributed by atoms with E-state index in [4.69, 9.17) is 4.74 Å². The Morgan fingerprint density at radius 1 is 1.00 bits per heavy atom. The second-order valence-corrected chi connectivity index (χ2v) is 10.0. The van der Waals surface area contributed by atoms with E-state index in [0.29, 0.717) is 29.6 Å². The molecule has 33 heavy (non-hydrogen) atoms. The minimum absolute atomic E-state index is 0.0335. The lowest BCUT2D eigenvalue weighted by atomic mass is 10.1. The van der Waals surface area contributed by atoms with Crippen LogP contribution in [-0.4, -0.2) is 36.0 Å². The predicted octanol–water partition coefficient (Wildman–Crippen LogP) is 4.65. The molecule has 0 radical (unpaired) electrons. The molecule has 0 atom stereocenters. The molecule has 0 bridgehead atoms. The van der Waals surface area contributed by atoms with E-state index in [9.17, 15) is 9.59 Å². The van der Waals surface area contributed by atoms with E-state index >= 15 is 0 Å². The van der Waals surface area contributed by atoms with Crippen LogP contribution in [-0.2, 0) is 11.2 Å². The molecule has 0 unspecified atom stereocenters. The Labute approximate surface area is 199 Å². The highest BCUT2D eigenvalue weighted by atomic mass is 32.1. The van der Waals surface area contributed by atoms with Crippen LogP contribution in [0.5, 0.6) is 5.75 Å². The third-order valence-corrected chi connectivity index (χ3v) is 7.56. The number of carbonyl (C=O) groups excluding carboxylic acids is 2. The van der Waals surface area contributed by atoms with Crippen LogP contribution in [0.1, 0.15) is 28.1 Å². The van der Waals surface area contributed by atoms with Gasteiger partial charge in [0, 0.05) is 12.6 Å². The van der Waals surface area contributed by atoms with Crippen molar-refractivity contribution in [1.82, 2.24) is 15.6 Å². The van der Waals surface area contributed by atoms with Crippen LogP contribution in [0.2, 0.25) is 0 Å². The van der Waals surface area contributed by atoms with Gasteiger partial charge in [-0.25, -0.2) is 4.98 Å². The molecule has 6 nitrogen and oxygen atoms in total. The number of nitrogens with one attached hydrogen (secondary N) is 2. The summed E-state index contributed by atoms with van der Waals surface area (Å²) >= 11 is 3.10. The van der Waals surface area contributed by atoms with E-state index in [0.717, 1.165) is 38.5 Å². The standard InChI is InChI=1S/C25H23N3O3S2/c29-23(27-17-7-8-17)15-31-18-9-5-16(6-10-18)13-14-26-24(30)21-11-12-22(32-21)25-28-19-3-1-2-4-20(19)33-25/h1-6,9-12,17H,7-8,13-15H2,(H,26,30)(H,27,29). The summed E-state index contributed by atoms with van der Waals surface area (Å²) in [5.74, 6) is 0.507. The van der Waals surface area contributed by atoms with Crippen molar-refractivity contribution in [2.75, 3.05) is 13.2 Å². The number of hydrogen-bond acceptors (Lipinski definition) is 6. The van der Waals surface area contributed by atoms with E-state index in [1.807, 2.05) is 54.6 Å². The number of fused-ring (bicyclic) bond motifs is 1.